The molecule has 1 aromatic heterocycles. The zero-order valence-electron chi connectivity index (χ0n) is 15.6. The van der Waals surface area contributed by atoms with Crippen LogP contribution >= 0.6 is 0 Å². The number of para-hydroxylation sites is 1. The average molecular weight is 369 g/mol. The second-order valence-corrected chi connectivity index (χ2v) is 6.56. The number of aryl methyl sites for hydroxylation is 1. The summed E-state index contributed by atoms with van der Waals surface area (Å²) in [4.78, 5) is 3.99. The lowest BCUT2D eigenvalue weighted by Gasteiger charge is -2.15. The Morgan fingerprint density at radius 2 is 1.61 bits per heavy atom. The van der Waals surface area contributed by atoms with Crippen LogP contribution in [0.3, 0.4) is 0 Å². The second-order valence-electron chi connectivity index (χ2n) is 6.56. The molecule has 0 unspecified atom stereocenters. The Hall–Kier alpha value is -3.60. The van der Waals surface area contributed by atoms with Gasteiger partial charge in [-0.25, -0.2) is 4.98 Å². The van der Waals surface area contributed by atoms with Gasteiger partial charge < -0.3 is 10.6 Å². The summed E-state index contributed by atoms with van der Waals surface area (Å²) in [5.41, 5.74) is 5.65. The lowest BCUT2D eigenvalue weighted by Crippen LogP contribution is -2.08. The fourth-order valence-electron chi connectivity index (χ4n) is 3.14. The molecule has 0 aliphatic carbocycles. The Kier molecular flexibility index (Phi) is 5.63. The van der Waals surface area contributed by atoms with Gasteiger partial charge in [-0.3, -0.25) is 4.68 Å². The molecule has 0 bridgehead atoms. The molecule has 4 rings (SSSR count). The first-order valence-corrected chi connectivity index (χ1v) is 9.46. The largest absolute Gasteiger partial charge is 0.384 e. The summed E-state index contributed by atoms with van der Waals surface area (Å²) in [6.45, 7) is 1.70. The van der Waals surface area contributed by atoms with Crippen LogP contribution in [0.2, 0.25) is 0 Å². The highest BCUT2D eigenvalue weighted by Gasteiger charge is 2.07. The van der Waals surface area contributed by atoms with E-state index in [-0.39, 0.29) is 0 Å². The van der Waals surface area contributed by atoms with Crippen LogP contribution in [0, 0.1) is 0 Å². The predicted molar refractivity (Wildman–Crippen MR) is 115 cm³/mol. The van der Waals surface area contributed by atoms with Crippen molar-refractivity contribution in [3.8, 4) is 11.1 Å². The van der Waals surface area contributed by atoms with Gasteiger partial charge in [0.1, 0.15) is 12.7 Å². The average Bonchev–Trinajstić information content (AvgIpc) is 3.26. The van der Waals surface area contributed by atoms with Crippen molar-refractivity contribution in [3.63, 3.8) is 0 Å². The quantitative estimate of drug-likeness (QED) is 0.420. The van der Waals surface area contributed by atoms with Gasteiger partial charge in [-0.05, 0) is 36.2 Å². The van der Waals surface area contributed by atoms with Crippen molar-refractivity contribution < 1.29 is 0 Å². The summed E-state index contributed by atoms with van der Waals surface area (Å²) in [5.74, 6) is 0. The molecule has 5 heteroatoms. The van der Waals surface area contributed by atoms with E-state index in [9.17, 15) is 0 Å². The van der Waals surface area contributed by atoms with Crippen LogP contribution in [0.4, 0.5) is 17.1 Å². The van der Waals surface area contributed by atoms with Gasteiger partial charge in [0.2, 0.25) is 0 Å². The van der Waals surface area contributed by atoms with Gasteiger partial charge in [0.25, 0.3) is 0 Å². The molecule has 0 atom stereocenters. The van der Waals surface area contributed by atoms with Crippen molar-refractivity contribution in [2.24, 2.45) is 0 Å². The van der Waals surface area contributed by atoms with Crippen molar-refractivity contribution in [2.75, 3.05) is 17.2 Å². The molecule has 0 aliphatic rings. The molecule has 0 saturated carbocycles. The van der Waals surface area contributed by atoms with Crippen molar-refractivity contribution in [2.45, 2.75) is 13.0 Å². The van der Waals surface area contributed by atoms with Gasteiger partial charge >= 0.3 is 0 Å². The first kappa shape index (κ1) is 17.8. The third kappa shape index (κ3) is 4.57. The molecular weight excluding hydrogens is 346 g/mol. The molecule has 0 amide bonds. The molecule has 4 aromatic rings. The smallest absolute Gasteiger partial charge is 0.137 e. The van der Waals surface area contributed by atoms with Gasteiger partial charge in [-0.15, -0.1) is 0 Å². The van der Waals surface area contributed by atoms with E-state index >= 15 is 0 Å². The Bertz CT molecular complexity index is 982. The molecule has 140 valence electrons. The number of rotatable bonds is 8. The standard InChI is InChI=1S/C23H23N5/c1-3-8-19(9-4-1)22-13-12-21(27-20-10-5-2-6-11-20)16-23(22)25-14-7-15-28-18-24-17-26-28/h1-6,8-13,16-18,25,27H,7,14-15H2. The van der Waals surface area contributed by atoms with Crippen LogP contribution in [0.1, 0.15) is 6.42 Å². The number of hydrogen-bond acceptors (Lipinski definition) is 4. The van der Waals surface area contributed by atoms with E-state index in [1.807, 2.05) is 28.9 Å². The van der Waals surface area contributed by atoms with Crippen LogP contribution in [-0.4, -0.2) is 21.3 Å². The minimum atomic E-state index is 0.843. The highest BCUT2D eigenvalue weighted by Crippen LogP contribution is 2.31. The van der Waals surface area contributed by atoms with Crippen molar-refractivity contribution >= 4 is 17.1 Å². The first-order valence-electron chi connectivity index (χ1n) is 9.46. The number of hydrogen-bond donors (Lipinski definition) is 2. The summed E-state index contributed by atoms with van der Waals surface area (Å²) in [6, 6.07) is 27.1. The van der Waals surface area contributed by atoms with Gasteiger partial charge in [-0.2, -0.15) is 5.10 Å². The summed E-state index contributed by atoms with van der Waals surface area (Å²) in [6.07, 6.45) is 4.29. The van der Waals surface area contributed by atoms with Gasteiger partial charge in [0.05, 0.1) is 0 Å². The molecule has 3 aromatic carbocycles. The van der Waals surface area contributed by atoms with E-state index < -0.39 is 0 Å². The molecular formula is C23H23N5. The fraction of sp³-hybridized carbons (Fsp3) is 0.130. The monoisotopic (exact) mass is 369 g/mol. The van der Waals surface area contributed by atoms with E-state index in [0.717, 1.165) is 36.6 Å². The molecule has 28 heavy (non-hydrogen) atoms. The molecule has 2 N–H and O–H groups in total. The maximum atomic E-state index is 4.15. The minimum Gasteiger partial charge on any atom is -0.384 e. The molecule has 0 saturated heterocycles. The highest BCUT2D eigenvalue weighted by molar-refractivity contribution is 5.81. The Labute approximate surface area is 165 Å². The van der Waals surface area contributed by atoms with Crippen molar-refractivity contribution in [1.82, 2.24) is 14.8 Å². The number of anilines is 3. The Morgan fingerprint density at radius 1 is 0.821 bits per heavy atom. The summed E-state index contributed by atoms with van der Waals surface area (Å²) < 4.78 is 1.85. The molecule has 0 spiro atoms. The number of aromatic nitrogens is 3. The third-order valence-electron chi connectivity index (χ3n) is 4.51. The Morgan fingerprint density at radius 3 is 2.36 bits per heavy atom. The van der Waals surface area contributed by atoms with Crippen LogP contribution in [-0.2, 0) is 6.54 Å². The SMILES string of the molecule is c1ccc(Nc2ccc(-c3ccccc3)c(NCCCn3cncn3)c2)cc1. The number of benzene rings is 3. The second kappa shape index (κ2) is 8.86. The van der Waals surface area contributed by atoms with Crippen LogP contribution in [0.5, 0.6) is 0 Å². The van der Waals surface area contributed by atoms with E-state index in [1.165, 1.54) is 11.1 Å². The van der Waals surface area contributed by atoms with E-state index in [1.54, 1.807) is 12.7 Å². The minimum absolute atomic E-state index is 0.843. The van der Waals surface area contributed by atoms with Gasteiger partial charge in [0, 0.05) is 35.7 Å². The zero-order valence-corrected chi connectivity index (χ0v) is 15.6. The molecule has 0 fully saturated rings. The third-order valence-corrected chi connectivity index (χ3v) is 4.51. The number of nitrogens with zero attached hydrogens (tertiary/aromatic N) is 3. The van der Waals surface area contributed by atoms with E-state index in [2.05, 4.69) is 75.3 Å². The Balaban J connectivity index is 1.52. The molecule has 5 nitrogen and oxygen atoms in total. The van der Waals surface area contributed by atoms with Crippen molar-refractivity contribution in [3.05, 3.63) is 91.5 Å². The first-order chi connectivity index (χ1) is 13.9. The predicted octanol–water partition coefficient (Wildman–Crippen LogP) is 5.19. The molecule has 1 heterocycles. The maximum Gasteiger partial charge on any atom is 0.137 e. The lowest BCUT2D eigenvalue weighted by molar-refractivity contribution is 0.590. The summed E-state index contributed by atoms with van der Waals surface area (Å²) in [5, 5.41) is 11.2. The lowest BCUT2D eigenvalue weighted by atomic mass is 10.0. The van der Waals surface area contributed by atoms with Crippen LogP contribution in [0.25, 0.3) is 11.1 Å². The maximum absolute atomic E-state index is 4.15. The van der Waals surface area contributed by atoms with Gasteiger partial charge in [0.15, 0.2) is 0 Å². The van der Waals surface area contributed by atoms with Crippen LogP contribution in [0.15, 0.2) is 91.5 Å². The molecule has 0 radical (unpaired) electrons. The van der Waals surface area contributed by atoms with Crippen LogP contribution < -0.4 is 10.6 Å². The summed E-state index contributed by atoms with van der Waals surface area (Å²) >= 11 is 0. The topological polar surface area (TPSA) is 54.8 Å². The fourth-order valence-corrected chi connectivity index (χ4v) is 3.14. The number of nitrogens with one attached hydrogen (secondary N) is 2. The van der Waals surface area contributed by atoms with Crippen molar-refractivity contribution in [1.29, 1.82) is 0 Å². The molecule has 0 aliphatic heterocycles. The zero-order chi connectivity index (χ0) is 19.0. The highest BCUT2D eigenvalue weighted by atomic mass is 15.3. The van der Waals surface area contributed by atoms with E-state index in [0.29, 0.717) is 0 Å². The normalized spacial score (nSPS) is 10.6. The summed E-state index contributed by atoms with van der Waals surface area (Å²) in [7, 11) is 0. The van der Waals surface area contributed by atoms with Gasteiger partial charge in [-0.1, -0.05) is 54.6 Å². The van der Waals surface area contributed by atoms with E-state index in [4.69, 9.17) is 0 Å².